The van der Waals surface area contributed by atoms with Crippen molar-refractivity contribution in [2.24, 2.45) is 11.3 Å². The molecule has 1 heterocycles. The smallest absolute Gasteiger partial charge is 0.321 e. The van der Waals surface area contributed by atoms with Gasteiger partial charge in [-0.3, -0.25) is 9.59 Å². The second-order valence-electron chi connectivity index (χ2n) is 6.00. The van der Waals surface area contributed by atoms with Gasteiger partial charge in [0.1, 0.15) is 6.04 Å². The van der Waals surface area contributed by atoms with Crippen molar-refractivity contribution in [3.05, 3.63) is 48.0 Å². The van der Waals surface area contributed by atoms with E-state index in [0.29, 0.717) is 13.0 Å². The van der Waals surface area contributed by atoms with Gasteiger partial charge in [0.15, 0.2) is 0 Å². The van der Waals surface area contributed by atoms with E-state index in [2.05, 4.69) is 11.9 Å². The molecular weight excluding hydrogens is 282 g/mol. The predicted octanol–water partition coefficient (Wildman–Crippen LogP) is 1.94. The third-order valence-electron chi connectivity index (χ3n) is 4.62. The fraction of sp³-hybridized carbons (Fsp3) is 0.412. The summed E-state index contributed by atoms with van der Waals surface area (Å²) in [6, 6.07) is 8.83. The summed E-state index contributed by atoms with van der Waals surface area (Å²) >= 11 is 0. The molecule has 0 aromatic heterocycles. The van der Waals surface area contributed by atoms with Crippen LogP contribution in [0.5, 0.6) is 0 Å². The van der Waals surface area contributed by atoms with Gasteiger partial charge in [-0.15, -0.1) is 0 Å². The van der Waals surface area contributed by atoms with Crippen LogP contribution < -0.4 is 5.32 Å². The molecule has 0 spiro atoms. The SMILES string of the molecule is C=C(C)[C@@]1(Cc2ccccc2)CN[C@H](C(=O)O)[C@H]1CC(=O)O. The molecule has 5 nitrogen and oxygen atoms in total. The first-order valence-corrected chi connectivity index (χ1v) is 7.25. The van der Waals surface area contributed by atoms with Gasteiger partial charge < -0.3 is 15.5 Å². The van der Waals surface area contributed by atoms with Crippen LogP contribution in [0.1, 0.15) is 18.9 Å². The van der Waals surface area contributed by atoms with Crippen LogP contribution in [0.3, 0.4) is 0 Å². The molecule has 0 radical (unpaired) electrons. The molecule has 1 aromatic rings. The maximum absolute atomic E-state index is 11.5. The first kappa shape index (κ1) is 16.2. The van der Waals surface area contributed by atoms with Crippen molar-refractivity contribution in [1.82, 2.24) is 5.32 Å². The molecular formula is C17H21NO4. The van der Waals surface area contributed by atoms with E-state index in [4.69, 9.17) is 0 Å². The summed E-state index contributed by atoms with van der Waals surface area (Å²) < 4.78 is 0. The molecule has 0 saturated carbocycles. The average Bonchev–Trinajstić information content (AvgIpc) is 2.79. The van der Waals surface area contributed by atoms with Crippen LogP contribution in [0.15, 0.2) is 42.5 Å². The van der Waals surface area contributed by atoms with Crippen molar-refractivity contribution in [1.29, 1.82) is 0 Å². The lowest BCUT2D eigenvalue weighted by molar-refractivity contribution is -0.142. The molecule has 3 atom stereocenters. The maximum Gasteiger partial charge on any atom is 0.321 e. The molecule has 1 saturated heterocycles. The topological polar surface area (TPSA) is 86.6 Å². The first-order chi connectivity index (χ1) is 10.4. The molecule has 0 unspecified atom stereocenters. The average molecular weight is 303 g/mol. The highest BCUT2D eigenvalue weighted by molar-refractivity contribution is 5.77. The van der Waals surface area contributed by atoms with Gasteiger partial charge in [-0.1, -0.05) is 42.5 Å². The van der Waals surface area contributed by atoms with E-state index in [1.807, 2.05) is 37.3 Å². The van der Waals surface area contributed by atoms with Crippen molar-refractivity contribution < 1.29 is 19.8 Å². The van der Waals surface area contributed by atoms with E-state index in [9.17, 15) is 19.8 Å². The van der Waals surface area contributed by atoms with Crippen LogP contribution in [-0.4, -0.2) is 34.7 Å². The molecule has 0 aliphatic carbocycles. The van der Waals surface area contributed by atoms with Crippen molar-refractivity contribution in [2.75, 3.05) is 6.54 Å². The van der Waals surface area contributed by atoms with E-state index in [1.165, 1.54) is 0 Å². The second kappa shape index (κ2) is 6.32. The zero-order chi connectivity index (χ0) is 16.3. The summed E-state index contributed by atoms with van der Waals surface area (Å²) in [6.45, 7) is 6.30. The fourth-order valence-corrected chi connectivity index (χ4v) is 3.42. The molecule has 22 heavy (non-hydrogen) atoms. The number of benzene rings is 1. The number of carboxylic acid groups (broad SMARTS) is 2. The zero-order valence-electron chi connectivity index (χ0n) is 12.6. The Balaban J connectivity index is 2.40. The standard InChI is InChI=1S/C17H21NO4/c1-11(2)17(9-12-6-4-3-5-7-12)10-18-15(16(21)22)13(17)8-14(19)20/h3-7,13,15,18H,1,8-10H2,2H3,(H,19,20)(H,21,22)/t13-,15+,17-/m1/s1. The number of hydrogen-bond donors (Lipinski definition) is 3. The van der Waals surface area contributed by atoms with E-state index in [0.717, 1.165) is 11.1 Å². The van der Waals surface area contributed by atoms with Gasteiger partial charge in [-0.05, 0) is 18.9 Å². The van der Waals surface area contributed by atoms with Crippen molar-refractivity contribution in [3.63, 3.8) is 0 Å². The highest BCUT2D eigenvalue weighted by atomic mass is 16.4. The molecule has 1 aromatic carbocycles. The van der Waals surface area contributed by atoms with Crippen LogP contribution in [0.4, 0.5) is 0 Å². The molecule has 1 aliphatic heterocycles. The molecule has 3 N–H and O–H groups in total. The van der Waals surface area contributed by atoms with Gasteiger partial charge in [-0.2, -0.15) is 0 Å². The van der Waals surface area contributed by atoms with E-state index >= 15 is 0 Å². The highest BCUT2D eigenvalue weighted by Gasteiger charge is 2.52. The lowest BCUT2D eigenvalue weighted by atomic mass is 9.66. The number of aliphatic carboxylic acids is 2. The Morgan fingerprint density at radius 1 is 1.32 bits per heavy atom. The Bertz CT molecular complexity index is 584. The molecule has 5 heteroatoms. The van der Waals surface area contributed by atoms with Gasteiger partial charge in [0.2, 0.25) is 0 Å². The van der Waals surface area contributed by atoms with E-state index < -0.39 is 29.3 Å². The minimum atomic E-state index is -1.01. The number of carbonyl (C=O) groups is 2. The Hall–Kier alpha value is -2.14. The Morgan fingerprint density at radius 2 is 1.95 bits per heavy atom. The number of rotatable bonds is 6. The fourth-order valence-electron chi connectivity index (χ4n) is 3.42. The monoisotopic (exact) mass is 303 g/mol. The zero-order valence-corrected chi connectivity index (χ0v) is 12.6. The lowest BCUT2D eigenvalue weighted by Gasteiger charge is -2.36. The Morgan fingerprint density at radius 3 is 2.45 bits per heavy atom. The quantitative estimate of drug-likeness (QED) is 0.699. The van der Waals surface area contributed by atoms with Gasteiger partial charge in [0.05, 0.1) is 6.42 Å². The summed E-state index contributed by atoms with van der Waals surface area (Å²) in [5, 5.41) is 21.6. The van der Waals surface area contributed by atoms with E-state index in [-0.39, 0.29) is 6.42 Å². The maximum atomic E-state index is 11.5. The molecule has 2 rings (SSSR count). The van der Waals surface area contributed by atoms with Crippen LogP contribution >= 0.6 is 0 Å². The van der Waals surface area contributed by atoms with Crippen molar-refractivity contribution >= 4 is 11.9 Å². The normalized spacial score (nSPS) is 27.5. The summed E-state index contributed by atoms with van der Waals surface area (Å²) in [5.41, 5.74) is 1.30. The Labute approximate surface area is 129 Å². The minimum absolute atomic E-state index is 0.191. The van der Waals surface area contributed by atoms with Gasteiger partial charge >= 0.3 is 11.9 Å². The molecule has 1 aliphatic rings. The Kier molecular flexibility index (Phi) is 4.66. The van der Waals surface area contributed by atoms with Crippen molar-refractivity contribution in [3.8, 4) is 0 Å². The van der Waals surface area contributed by atoms with Crippen LogP contribution in [0.25, 0.3) is 0 Å². The van der Waals surface area contributed by atoms with Crippen LogP contribution in [0, 0.1) is 11.3 Å². The van der Waals surface area contributed by atoms with Crippen LogP contribution in [0.2, 0.25) is 0 Å². The minimum Gasteiger partial charge on any atom is -0.481 e. The number of nitrogens with one attached hydrogen (secondary N) is 1. The third-order valence-corrected chi connectivity index (χ3v) is 4.62. The van der Waals surface area contributed by atoms with Gasteiger partial charge in [0, 0.05) is 17.9 Å². The molecule has 1 fully saturated rings. The third kappa shape index (κ3) is 3.04. The predicted molar refractivity (Wildman–Crippen MR) is 82.6 cm³/mol. The first-order valence-electron chi connectivity index (χ1n) is 7.25. The largest absolute Gasteiger partial charge is 0.481 e. The summed E-state index contributed by atoms with van der Waals surface area (Å²) in [5.74, 6) is -2.53. The lowest BCUT2D eigenvalue weighted by Crippen LogP contribution is -2.40. The summed E-state index contributed by atoms with van der Waals surface area (Å²) in [6.07, 6.45) is 0.390. The summed E-state index contributed by atoms with van der Waals surface area (Å²) in [4.78, 5) is 22.7. The second-order valence-corrected chi connectivity index (χ2v) is 6.00. The number of hydrogen-bond acceptors (Lipinski definition) is 3. The highest BCUT2D eigenvalue weighted by Crippen LogP contribution is 2.45. The van der Waals surface area contributed by atoms with Crippen molar-refractivity contribution in [2.45, 2.75) is 25.8 Å². The summed E-state index contributed by atoms with van der Waals surface area (Å²) in [7, 11) is 0. The molecule has 118 valence electrons. The molecule has 0 bridgehead atoms. The number of carboxylic acids is 2. The molecule has 0 amide bonds. The van der Waals surface area contributed by atoms with Crippen LogP contribution in [-0.2, 0) is 16.0 Å². The van der Waals surface area contributed by atoms with E-state index in [1.54, 1.807) is 0 Å². The van der Waals surface area contributed by atoms with Gasteiger partial charge in [-0.25, -0.2) is 0 Å². The van der Waals surface area contributed by atoms with Gasteiger partial charge in [0.25, 0.3) is 0 Å².